The summed E-state index contributed by atoms with van der Waals surface area (Å²) in [4.78, 5) is 13.8. The fourth-order valence-corrected chi connectivity index (χ4v) is 2.14. The molecule has 0 radical (unpaired) electrons. The Hall–Kier alpha value is -1.55. The van der Waals surface area contributed by atoms with Crippen molar-refractivity contribution in [2.75, 3.05) is 20.2 Å². The van der Waals surface area contributed by atoms with Crippen LogP contribution in [0.15, 0.2) is 18.2 Å². The number of hydrogen-bond acceptors (Lipinski definition) is 3. The molecule has 0 aromatic heterocycles. The van der Waals surface area contributed by atoms with Gasteiger partial charge in [-0.15, -0.1) is 0 Å². The van der Waals surface area contributed by atoms with Crippen LogP contribution in [0.5, 0.6) is 5.75 Å². The number of rotatable bonds is 3. The first kappa shape index (κ1) is 12.9. The molecule has 2 rings (SSSR count). The summed E-state index contributed by atoms with van der Waals surface area (Å²) in [5, 5.41) is 9.62. The van der Waals surface area contributed by atoms with Gasteiger partial charge in [-0.2, -0.15) is 0 Å². The van der Waals surface area contributed by atoms with Crippen molar-refractivity contribution >= 4 is 5.91 Å². The van der Waals surface area contributed by atoms with E-state index in [2.05, 4.69) is 0 Å². The maximum atomic E-state index is 12.2. The van der Waals surface area contributed by atoms with Gasteiger partial charge in [0.1, 0.15) is 5.75 Å². The fraction of sp³-hybridized carbons (Fsp3) is 0.500. The average molecular weight is 249 g/mol. The van der Waals surface area contributed by atoms with Gasteiger partial charge in [0.2, 0.25) is 0 Å². The van der Waals surface area contributed by atoms with Crippen LogP contribution in [-0.4, -0.2) is 42.2 Å². The van der Waals surface area contributed by atoms with Gasteiger partial charge in [-0.25, -0.2) is 0 Å². The molecular formula is C14H19NO3. The van der Waals surface area contributed by atoms with Crippen molar-refractivity contribution in [3.8, 4) is 5.75 Å². The molecule has 1 fully saturated rings. The molecule has 0 spiro atoms. The minimum atomic E-state index is -0.0826. The molecule has 4 heteroatoms. The van der Waals surface area contributed by atoms with Crippen molar-refractivity contribution in [1.82, 2.24) is 4.90 Å². The maximum Gasteiger partial charge on any atom is 0.253 e. The van der Waals surface area contributed by atoms with Gasteiger partial charge in [-0.3, -0.25) is 4.79 Å². The Kier molecular flexibility index (Phi) is 3.87. The van der Waals surface area contributed by atoms with Crippen LogP contribution in [0.3, 0.4) is 0 Å². The standard InChI is InChI=1S/C14H19NO3/c1-10-5-6-11(8-13(10)16)14(17)15(2)9-12-4-3-7-18-12/h5-6,8,12,16H,3-4,7,9H2,1-2H3. The molecule has 1 N–H and O–H groups in total. The molecule has 1 aromatic rings. The number of carbonyl (C=O) groups excluding carboxylic acids is 1. The van der Waals surface area contributed by atoms with Crippen molar-refractivity contribution in [3.63, 3.8) is 0 Å². The summed E-state index contributed by atoms with van der Waals surface area (Å²) < 4.78 is 5.51. The summed E-state index contributed by atoms with van der Waals surface area (Å²) in [7, 11) is 1.76. The third-order valence-electron chi connectivity index (χ3n) is 3.30. The smallest absolute Gasteiger partial charge is 0.253 e. The highest BCUT2D eigenvalue weighted by Gasteiger charge is 2.21. The van der Waals surface area contributed by atoms with Gasteiger partial charge in [0.15, 0.2) is 0 Å². The molecule has 1 amide bonds. The SMILES string of the molecule is Cc1ccc(C(=O)N(C)CC2CCCO2)cc1O. The number of aromatic hydroxyl groups is 1. The van der Waals surface area contributed by atoms with E-state index in [-0.39, 0.29) is 17.8 Å². The van der Waals surface area contributed by atoms with Crippen molar-refractivity contribution in [1.29, 1.82) is 0 Å². The zero-order chi connectivity index (χ0) is 13.1. The minimum absolute atomic E-state index is 0.0826. The number of amides is 1. The third kappa shape index (κ3) is 2.82. The zero-order valence-electron chi connectivity index (χ0n) is 10.8. The van der Waals surface area contributed by atoms with Crippen LogP contribution in [0.2, 0.25) is 0 Å². The van der Waals surface area contributed by atoms with E-state index in [1.54, 1.807) is 31.0 Å². The Morgan fingerprint density at radius 2 is 2.33 bits per heavy atom. The van der Waals surface area contributed by atoms with E-state index < -0.39 is 0 Å². The number of hydrogen-bond donors (Lipinski definition) is 1. The summed E-state index contributed by atoms with van der Waals surface area (Å²) in [6.45, 7) is 3.20. The molecule has 1 saturated heterocycles. The second kappa shape index (κ2) is 5.40. The first-order valence-electron chi connectivity index (χ1n) is 6.24. The van der Waals surface area contributed by atoms with Crippen LogP contribution in [-0.2, 0) is 4.74 Å². The highest BCUT2D eigenvalue weighted by Crippen LogP contribution is 2.19. The zero-order valence-corrected chi connectivity index (χ0v) is 10.8. The number of aryl methyl sites for hydroxylation is 1. The van der Waals surface area contributed by atoms with E-state index in [0.717, 1.165) is 25.0 Å². The molecule has 1 aromatic carbocycles. The summed E-state index contributed by atoms with van der Waals surface area (Å²) in [5.41, 5.74) is 1.28. The van der Waals surface area contributed by atoms with E-state index in [0.29, 0.717) is 12.1 Å². The van der Waals surface area contributed by atoms with Gasteiger partial charge in [0.05, 0.1) is 6.10 Å². The predicted molar refractivity (Wildman–Crippen MR) is 68.8 cm³/mol. The molecule has 0 bridgehead atoms. The minimum Gasteiger partial charge on any atom is -0.508 e. The van der Waals surface area contributed by atoms with Crippen molar-refractivity contribution < 1.29 is 14.6 Å². The normalized spacial score (nSPS) is 18.9. The molecule has 98 valence electrons. The number of benzene rings is 1. The van der Waals surface area contributed by atoms with E-state index >= 15 is 0 Å². The Morgan fingerprint density at radius 1 is 1.56 bits per heavy atom. The second-order valence-corrected chi connectivity index (χ2v) is 4.82. The molecule has 18 heavy (non-hydrogen) atoms. The quantitative estimate of drug-likeness (QED) is 0.890. The number of ether oxygens (including phenoxy) is 1. The average Bonchev–Trinajstić information content (AvgIpc) is 2.84. The van der Waals surface area contributed by atoms with Crippen LogP contribution >= 0.6 is 0 Å². The fourth-order valence-electron chi connectivity index (χ4n) is 2.14. The summed E-state index contributed by atoms with van der Waals surface area (Å²) in [5.74, 6) is 0.0761. The lowest BCUT2D eigenvalue weighted by Crippen LogP contribution is -2.34. The number of phenols is 1. The van der Waals surface area contributed by atoms with Gasteiger partial charge in [-0.1, -0.05) is 6.07 Å². The number of likely N-dealkylation sites (N-methyl/N-ethyl adjacent to an activating group) is 1. The van der Waals surface area contributed by atoms with Gasteiger partial charge in [-0.05, 0) is 37.5 Å². The molecule has 1 unspecified atom stereocenters. The number of nitrogens with zero attached hydrogens (tertiary/aromatic N) is 1. The number of phenolic OH excluding ortho intramolecular Hbond substituents is 1. The number of carbonyl (C=O) groups is 1. The molecule has 1 aliphatic rings. The Labute approximate surface area is 107 Å². The van der Waals surface area contributed by atoms with Crippen LogP contribution in [0.1, 0.15) is 28.8 Å². The first-order chi connectivity index (χ1) is 8.58. The summed E-state index contributed by atoms with van der Waals surface area (Å²) in [6.07, 6.45) is 2.23. The van der Waals surface area contributed by atoms with E-state index in [1.807, 2.05) is 0 Å². The Balaban J connectivity index is 2.02. The largest absolute Gasteiger partial charge is 0.508 e. The lowest BCUT2D eigenvalue weighted by Gasteiger charge is -2.21. The Morgan fingerprint density at radius 3 is 2.94 bits per heavy atom. The summed E-state index contributed by atoms with van der Waals surface area (Å²) >= 11 is 0. The molecule has 0 saturated carbocycles. The van der Waals surface area contributed by atoms with Crippen LogP contribution < -0.4 is 0 Å². The lowest BCUT2D eigenvalue weighted by molar-refractivity contribution is 0.0587. The monoisotopic (exact) mass is 249 g/mol. The van der Waals surface area contributed by atoms with Crippen molar-refractivity contribution in [2.45, 2.75) is 25.9 Å². The molecule has 4 nitrogen and oxygen atoms in total. The second-order valence-electron chi connectivity index (χ2n) is 4.82. The van der Waals surface area contributed by atoms with Crippen molar-refractivity contribution in [3.05, 3.63) is 29.3 Å². The van der Waals surface area contributed by atoms with E-state index in [4.69, 9.17) is 4.74 Å². The first-order valence-corrected chi connectivity index (χ1v) is 6.24. The molecule has 1 atom stereocenters. The van der Waals surface area contributed by atoms with E-state index in [1.165, 1.54) is 6.07 Å². The summed E-state index contributed by atoms with van der Waals surface area (Å²) in [6, 6.07) is 5.01. The predicted octanol–water partition coefficient (Wildman–Crippen LogP) is 1.95. The van der Waals surface area contributed by atoms with Gasteiger partial charge in [0, 0.05) is 25.8 Å². The van der Waals surface area contributed by atoms with E-state index in [9.17, 15) is 9.90 Å². The van der Waals surface area contributed by atoms with Crippen LogP contribution in [0.25, 0.3) is 0 Å². The van der Waals surface area contributed by atoms with Gasteiger partial charge < -0.3 is 14.7 Å². The third-order valence-corrected chi connectivity index (χ3v) is 3.30. The highest BCUT2D eigenvalue weighted by atomic mass is 16.5. The molecule has 1 aliphatic heterocycles. The highest BCUT2D eigenvalue weighted by molar-refractivity contribution is 5.94. The molecule has 1 heterocycles. The lowest BCUT2D eigenvalue weighted by atomic mass is 10.1. The van der Waals surface area contributed by atoms with Crippen LogP contribution in [0.4, 0.5) is 0 Å². The Bertz CT molecular complexity index is 439. The molecular weight excluding hydrogens is 230 g/mol. The maximum absolute atomic E-state index is 12.2. The van der Waals surface area contributed by atoms with Gasteiger partial charge in [0.25, 0.3) is 5.91 Å². The van der Waals surface area contributed by atoms with Crippen LogP contribution in [0, 0.1) is 6.92 Å². The van der Waals surface area contributed by atoms with Crippen molar-refractivity contribution in [2.24, 2.45) is 0 Å². The van der Waals surface area contributed by atoms with Gasteiger partial charge >= 0.3 is 0 Å². The molecule has 0 aliphatic carbocycles. The topological polar surface area (TPSA) is 49.8 Å².